The summed E-state index contributed by atoms with van der Waals surface area (Å²) in [7, 11) is 0. The lowest BCUT2D eigenvalue weighted by molar-refractivity contribution is 0.0833. The maximum atomic E-state index is 13.4. The number of hydrogen-bond donors (Lipinski definition) is 0. The number of benzene rings is 2. The third-order valence-corrected chi connectivity index (χ3v) is 8.07. The van der Waals surface area contributed by atoms with Crippen molar-refractivity contribution in [3.8, 4) is 0 Å². The largest absolute Gasteiger partial charge is 0.303 e. The van der Waals surface area contributed by atoms with E-state index in [9.17, 15) is 9.59 Å². The van der Waals surface area contributed by atoms with Gasteiger partial charge in [0.05, 0.1) is 0 Å². The van der Waals surface area contributed by atoms with Crippen molar-refractivity contribution in [2.75, 3.05) is 39.3 Å². The number of Topliss-reactive ketones (excluding diaryl/α,β-unsaturated/α-hetero) is 2. The van der Waals surface area contributed by atoms with Gasteiger partial charge in [-0.15, -0.1) is 0 Å². The SMILES string of the molecule is O=C(c1ccccc1)[C@@H](CCCC[C@@H](CN1CCCCC1)C(=O)c1ccccc1)CN1CCCCC1. The Labute approximate surface area is 218 Å². The van der Waals surface area contributed by atoms with Crippen molar-refractivity contribution in [1.29, 1.82) is 0 Å². The van der Waals surface area contributed by atoms with Crippen LogP contribution < -0.4 is 0 Å². The van der Waals surface area contributed by atoms with Crippen LogP contribution in [0.2, 0.25) is 0 Å². The Kier molecular flexibility index (Phi) is 10.7. The van der Waals surface area contributed by atoms with Crippen molar-refractivity contribution in [1.82, 2.24) is 9.80 Å². The van der Waals surface area contributed by atoms with Crippen molar-refractivity contribution in [3.63, 3.8) is 0 Å². The molecule has 0 unspecified atom stereocenters. The van der Waals surface area contributed by atoms with E-state index >= 15 is 0 Å². The van der Waals surface area contributed by atoms with Crippen LogP contribution in [0, 0.1) is 11.8 Å². The van der Waals surface area contributed by atoms with Crippen molar-refractivity contribution in [3.05, 3.63) is 71.8 Å². The molecule has 0 saturated carbocycles. The van der Waals surface area contributed by atoms with E-state index in [2.05, 4.69) is 9.80 Å². The predicted molar refractivity (Wildman–Crippen MR) is 148 cm³/mol. The first-order valence-corrected chi connectivity index (χ1v) is 14.3. The molecule has 2 aliphatic rings. The molecule has 4 heteroatoms. The zero-order chi connectivity index (χ0) is 25.0. The summed E-state index contributed by atoms with van der Waals surface area (Å²) in [6.45, 7) is 6.19. The third-order valence-electron chi connectivity index (χ3n) is 8.07. The van der Waals surface area contributed by atoms with Gasteiger partial charge in [-0.3, -0.25) is 9.59 Å². The van der Waals surface area contributed by atoms with Gasteiger partial charge in [0.2, 0.25) is 0 Å². The van der Waals surface area contributed by atoms with Crippen LogP contribution in [0.15, 0.2) is 60.7 Å². The second-order valence-electron chi connectivity index (χ2n) is 10.9. The van der Waals surface area contributed by atoms with E-state index in [0.717, 1.165) is 76.1 Å². The van der Waals surface area contributed by atoms with Gasteiger partial charge in [-0.2, -0.15) is 0 Å². The van der Waals surface area contributed by atoms with Crippen LogP contribution in [0.1, 0.15) is 84.9 Å². The number of carbonyl (C=O) groups excluding carboxylic acids is 2. The van der Waals surface area contributed by atoms with Crippen molar-refractivity contribution in [2.45, 2.75) is 64.2 Å². The maximum absolute atomic E-state index is 13.4. The molecule has 0 amide bonds. The van der Waals surface area contributed by atoms with E-state index in [4.69, 9.17) is 0 Å². The summed E-state index contributed by atoms with van der Waals surface area (Å²) in [5.41, 5.74) is 1.67. The minimum atomic E-state index is 0.0378. The van der Waals surface area contributed by atoms with Crippen LogP contribution in [0.25, 0.3) is 0 Å². The number of piperidine rings is 2. The molecule has 2 heterocycles. The average Bonchev–Trinajstić information content (AvgIpc) is 2.95. The summed E-state index contributed by atoms with van der Waals surface area (Å²) >= 11 is 0. The number of unbranched alkanes of at least 4 members (excludes halogenated alkanes) is 1. The lowest BCUT2D eigenvalue weighted by Gasteiger charge is -2.31. The fraction of sp³-hybridized carbons (Fsp3) is 0.562. The Morgan fingerprint density at radius 3 is 1.28 bits per heavy atom. The first kappa shape index (κ1) is 26.8. The second-order valence-corrected chi connectivity index (χ2v) is 10.9. The molecular formula is C32H44N2O2. The highest BCUT2D eigenvalue weighted by atomic mass is 16.1. The summed E-state index contributed by atoms with van der Waals surface area (Å²) in [5, 5.41) is 0. The minimum Gasteiger partial charge on any atom is -0.303 e. The summed E-state index contributed by atoms with van der Waals surface area (Å²) in [5.74, 6) is 0.643. The molecule has 4 rings (SSSR count). The first-order chi connectivity index (χ1) is 17.7. The number of ketones is 2. The van der Waals surface area contributed by atoms with E-state index in [1.54, 1.807) is 0 Å². The molecule has 0 spiro atoms. The van der Waals surface area contributed by atoms with Crippen molar-refractivity contribution >= 4 is 11.6 Å². The number of rotatable bonds is 13. The highest BCUT2D eigenvalue weighted by Crippen LogP contribution is 2.24. The fourth-order valence-corrected chi connectivity index (χ4v) is 5.98. The molecule has 2 aromatic rings. The monoisotopic (exact) mass is 488 g/mol. The molecule has 2 atom stereocenters. The third kappa shape index (κ3) is 8.11. The van der Waals surface area contributed by atoms with E-state index < -0.39 is 0 Å². The Bertz CT molecular complexity index is 840. The quantitative estimate of drug-likeness (QED) is 0.238. The fourth-order valence-electron chi connectivity index (χ4n) is 5.98. The molecule has 36 heavy (non-hydrogen) atoms. The molecular weight excluding hydrogens is 444 g/mol. The van der Waals surface area contributed by atoms with E-state index in [0.29, 0.717) is 0 Å². The smallest absolute Gasteiger partial charge is 0.167 e. The summed E-state index contributed by atoms with van der Waals surface area (Å²) in [6, 6.07) is 19.6. The van der Waals surface area contributed by atoms with Gasteiger partial charge in [0.1, 0.15) is 0 Å². The zero-order valence-corrected chi connectivity index (χ0v) is 22.0. The van der Waals surface area contributed by atoms with Gasteiger partial charge >= 0.3 is 0 Å². The first-order valence-electron chi connectivity index (χ1n) is 14.3. The molecule has 2 aromatic carbocycles. The van der Waals surface area contributed by atoms with Crippen LogP contribution in [0.5, 0.6) is 0 Å². The molecule has 194 valence electrons. The molecule has 0 N–H and O–H groups in total. The van der Waals surface area contributed by atoms with E-state index in [1.807, 2.05) is 60.7 Å². The van der Waals surface area contributed by atoms with E-state index in [1.165, 1.54) is 38.5 Å². The molecule has 2 fully saturated rings. The van der Waals surface area contributed by atoms with Gasteiger partial charge in [-0.25, -0.2) is 0 Å². The Balaban J connectivity index is 1.36. The highest BCUT2D eigenvalue weighted by Gasteiger charge is 2.26. The Morgan fingerprint density at radius 2 is 0.917 bits per heavy atom. The number of hydrogen-bond acceptors (Lipinski definition) is 4. The Hall–Kier alpha value is -2.30. The maximum Gasteiger partial charge on any atom is 0.167 e. The topological polar surface area (TPSA) is 40.6 Å². The van der Waals surface area contributed by atoms with Crippen LogP contribution in [-0.4, -0.2) is 60.6 Å². The molecule has 0 bridgehead atoms. The summed E-state index contributed by atoms with van der Waals surface area (Å²) in [4.78, 5) is 31.8. The van der Waals surface area contributed by atoms with Crippen LogP contribution in [0.4, 0.5) is 0 Å². The molecule has 0 radical (unpaired) electrons. The molecule has 2 saturated heterocycles. The van der Waals surface area contributed by atoms with Gasteiger partial charge in [-0.05, 0) is 64.7 Å². The molecule has 0 aliphatic carbocycles. The van der Waals surface area contributed by atoms with Gasteiger partial charge in [0, 0.05) is 36.1 Å². The number of likely N-dealkylation sites (tertiary alicyclic amines) is 2. The molecule has 4 nitrogen and oxygen atoms in total. The van der Waals surface area contributed by atoms with Gasteiger partial charge in [-0.1, -0.05) is 86.3 Å². The van der Waals surface area contributed by atoms with Crippen molar-refractivity contribution < 1.29 is 9.59 Å². The number of carbonyl (C=O) groups is 2. The van der Waals surface area contributed by atoms with Gasteiger partial charge in [0.15, 0.2) is 11.6 Å². The normalized spacial score (nSPS) is 19.0. The summed E-state index contributed by atoms with van der Waals surface area (Å²) < 4.78 is 0. The van der Waals surface area contributed by atoms with Gasteiger partial charge < -0.3 is 9.80 Å². The Morgan fingerprint density at radius 1 is 0.556 bits per heavy atom. The van der Waals surface area contributed by atoms with Crippen LogP contribution >= 0.6 is 0 Å². The second kappa shape index (κ2) is 14.4. The summed E-state index contributed by atoms with van der Waals surface area (Å²) in [6.07, 6.45) is 11.4. The minimum absolute atomic E-state index is 0.0378. The van der Waals surface area contributed by atoms with Crippen LogP contribution in [0.3, 0.4) is 0 Å². The van der Waals surface area contributed by atoms with Gasteiger partial charge in [0.25, 0.3) is 0 Å². The standard InChI is InChI=1S/C32H44N2O2/c35-31(27-15-5-1-6-16-27)29(25-33-21-11-3-12-22-33)19-9-10-20-30(26-34-23-13-4-14-24-34)32(36)28-17-7-2-8-18-28/h1-2,5-8,15-18,29-30H,3-4,9-14,19-26H2/t29-,30-/m0/s1. The highest BCUT2D eigenvalue weighted by molar-refractivity contribution is 5.98. The van der Waals surface area contributed by atoms with E-state index in [-0.39, 0.29) is 23.4 Å². The van der Waals surface area contributed by atoms with Crippen molar-refractivity contribution in [2.24, 2.45) is 11.8 Å². The van der Waals surface area contributed by atoms with Crippen LogP contribution in [-0.2, 0) is 0 Å². The lowest BCUT2D eigenvalue weighted by atomic mass is 9.88. The lowest BCUT2D eigenvalue weighted by Crippen LogP contribution is -2.37. The predicted octanol–water partition coefficient (Wildman–Crippen LogP) is 6.52. The average molecular weight is 489 g/mol. The number of nitrogens with zero attached hydrogens (tertiary/aromatic N) is 2. The zero-order valence-electron chi connectivity index (χ0n) is 22.0. The molecule has 2 aliphatic heterocycles. The molecule has 0 aromatic heterocycles.